The van der Waals surface area contributed by atoms with Gasteiger partial charge in [0, 0.05) is 36.5 Å². The van der Waals surface area contributed by atoms with Crippen molar-refractivity contribution in [1.82, 2.24) is 9.78 Å². The van der Waals surface area contributed by atoms with Gasteiger partial charge in [-0.25, -0.2) is 4.79 Å². The van der Waals surface area contributed by atoms with Gasteiger partial charge in [0.2, 0.25) is 0 Å². The van der Waals surface area contributed by atoms with Crippen LogP contribution in [-0.4, -0.2) is 14.9 Å². The predicted molar refractivity (Wildman–Crippen MR) is 95.0 cm³/mol. The minimum atomic E-state index is -0.362. The maximum atomic E-state index is 11.5. The smallest absolute Gasteiger partial charge is 0.336 e. The summed E-state index contributed by atoms with van der Waals surface area (Å²) in [7, 11) is 1.85. The zero-order valence-corrected chi connectivity index (χ0v) is 13.8. The summed E-state index contributed by atoms with van der Waals surface area (Å²) in [5.41, 5.74) is 3.49. The second-order valence-electron chi connectivity index (χ2n) is 5.34. The number of thiocarbonyl (C=S) groups is 1. The molecule has 1 aromatic carbocycles. The van der Waals surface area contributed by atoms with Gasteiger partial charge in [0.05, 0.1) is 11.4 Å². The van der Waals surface area contributed by atoms with Crippen molar-refractivity contribution in [2.24, 2.45) is 7.05 Å². The molecule has 0 saturated heterocycles. The molecule has 0 atom stereocenters. The fourth-order valence-electron chi connectivity index (χ4n) is 2.41. The highest BCUT2D eigenvalue weighted by Gasteiger charge is 2.07. The predicted octanol–water partition coefficient (Wildman–Crippen LogP) is 2.95. The van der Waals surface area contributed by atoms with Crippen LogP contribution in [-0.2, 0) is 7.05 Å². The number of aryl methyl sites for hydroxylation is 3. The van der Waals surface area contributed by atoms with E-state index in [0.717, 1.165) is 28.0 Å². The summed E-state index contributed by atoms with van der Waals surface area (Å²) in [4.78, 5) is 11.5. The van der Waals surface area contributed by atoms with Crippen molar-refractivity contribution < 1.29 is 4.42 Å². The van der Waals surface area contributed by atoms with E-state index in [0.29, 0.717) is 10.7 Å². The first kappa shape index (κ1) is 15.2. The third-order valence-corrected chi connectivity index (χ3v) is 3.68. The summed E-state index contributed by atoms with van der Waals surface area (Å²) in [6, 6.07) is 7.02. The molecule has 23 heavy (non-hydrogen) atoms. The van der Waals surface area contributed by atoms with E-state index in [-0.39, 0.29) is 5.63 Å². The molecule has 0 saturated carbocycles. The van der Waals surface area contributed by atoms with Crippen LogP contribution >= 0.6 is 12.2 Å². The molecule has 0 radical (unpaired) electrons. The lowest BCUT2D eigenvalue weighted by Crippen LogP contribution is -2.19. The Kier molecular flexibility index (Phi) is 3.87. The molecule has 0 aliphatic rings. The molecule has 0 bridgehead atoms. The number of rotatable bonds is 2. The number of aromatic nitrogens is 2. The third kappa shape index (κ3) is 3.24. The molecule has 3 aromatic rings. The van der Waals surface area contributed by atoms with Crippen LogP contribution in [0.25, 0.3) is 11.0 Å². The third-order valence-electron chi connectivity index (χ3n) is 3.47. The number of hydrogen-bond acceptors (Lipinski definition) is 4. The zero-order valence-electron chi connectivity index (χ0n) is 13.0. The van der Waals surface area contributed by atoms with Gasteiger partial charge in [0.25, 0.3) is 0 Å². The van der Waals surface area contributed by atoms with Crippen LogP contribution in [0.1, 0.15) is 11.3 Å². The maximum Gasteiger partial charge on any atom is 0.336 e. The monoisotopic (exact) mass is 328 g/mol. The standard InChI is InChI=1S/C16H16N4O2S/c1-9-6-15(21)22-14-7-11(4-5-12(9)14)17-16(23)18-13-8-20(3)19-10(13)2/h4-8H,1-3H3,(H2,17,18,23). The van der Waals surface area contributed by atoms with Crippen molar-refractivity contribution in [3.05, 3.63) is 52.1 Å². The number of anilines is 2. The van der Waals surface area contributed by atoms with Gasteiger partial charge >= 0.3 is 5.63 Å². The number of benzene rings is 1. The van der Waals surface area contributed by atoms with Crippen LogP contribution in [0.2, 0.25) is 0 Å². The molecule has 7 heteroatoms. The van der Waals surface area contributed by atoms with Crippen molar-refractivity contribution in [2.45, 2.75) is 13.8 Å². The molecule has 118 valence electrons. The van der Waals surface area contributed by atoms with Crippen molar-refractivity contribution >= 4 is 39.7 Å². The molecule has 0 aliphatic carbocycles. The summed E-state index contributed by atoms with van der Waals surface area (Å²) in [6.07, 6.45) is 1.85. The molecule has 0 unspecified atom stereocenters. The zero-order chi connectivity index (χ0) is 16.6. The average molecular weight is 328 g/mol. The number of hydrogen-bond donors (Lipinski definition) is 2. The lowest BCUT2D eigenvalue weighted by atomic mass is 10.1. The highest BCUT2D eigenvalue weighted by Crippen LogP contribution is 2.21. The van der Waals surface area contributed by atoms with E-state index >= 15 is 0 Å². The summed E-state index contributed by atoms with van der Waals surface area (Å²) in [5, 5.41) is 11.8. The van der Waals surface area contributed by atoms with Crippen molar-refractivity contribution in [3.8, 4) is 0 Å². The fraction of sp³-hybridized carbons (Fsp3) is 0.188. The summed E-state index contributed by atoms with van der Waals surface area (Å²) in [6.45, 7) is 3.78. The van der Waals surface area contributed by atoms with Crippen molar-refractivity contribution in [2.75, 3.05) is 10.6 Å². The van der Waals surface area contributed by atoms with E-state index in [2.05, 4.69) is 15.7 Å². The number of nitrogens with zero attached hydrogens (tertiary/aromatic N) is 2. The highest BCUT2D eigenvalue weighted by atomic mass is 32.1. The molecule has 2 N–H and O–H groups in total. The quantitative estimate of drug-likeness (QED) is 0.557. The summed E-state index contributed by atoms with van der Waals surface area (Å²) < 4.78 is 6.95. The van der Waals surface area contributed by atoms with Gasteiger partial charge in [0.1, 0.15) is 5.58 Å². The lowest BCUT2D eigenvalue weighted by Gasteiger charge is -2.10. The van der Waals surface area contributed by atoms with Crippen LogP contribution in [0.15, 0.2) is 39.7 Å². The minimum Gasteiger partial charge on any atom is -0.423 e. The van der Waals surface area contributed by atoms with Crippen molar-refractivity contribution in [3.63, 3.8) is 0 Å². The molecule has 0 fully saturated rings. The Morgan fingerprint density at radius 2 is 2.04 bits per heavy atom. The van der Waals surface area contributed by atoms with Gasteiger partial charge in [0.15, 0.2) is 5.11 Å². The van der Waals surface area contributed by atoms with Gasteiger partial charge in [-0.3, -0.25) is 4.68 Å². The summed E-state index contributed by atoms with van der Waals surface area (Å²) in [5.74, 6) is 0. The van der Waals surface area contributed by atoms with Gasteiger partial charge in [-0.05, 0) is 43.8 Å². The van der Waals surface area contributed by atoms with Gasteiger partial charge in [-0.2, -0.15) is 5.10 Å². The molecule has 3 rings (SSSR count). The highest BCUT2D eigenvalue weighted by molar-refractivity contribution is 7.80. The number of nitrogens with one attached hydrogen (secondary N) is 2. The fourth-order valence-corrected chi connectivity index (χ4v) is 2.64. The molecule has 0 aliphatic heterocycles. The van der Waals surface area contributed by atoms with E-state index in [1.807, 2.05) is 39.2 Å². The Bertz CT molecular complexity index is 958. The summed E-state index contributed by atoms with van der Waals surface area (Å²) >= 11 is 5.31. The van der Waals surface area contributed by atoms with E-state index in [9.17, 15) is 4.79 Å². The van der Waals surface area contributed by atoms with Crippen LogP contribution in [0.5, 0.6) is 0 Å². The molecule has 2 heterocycles. The second-order valence-corrected chi connectivity index (χ2v) is 5.75. The first-order valence-corrected chi connectivity index (χ1v) is 7.46. The van der Waals surface area contributed by atoms with Crippen LogP contribution < -0.4 is 16.3 Å². The van der Waals surface area contributed by atoms with Gasteiger partial charge in [-0.15, -0.1) is 0 Å². The van der Waals surface area contributed by atoms with E-state index < -0.39 is 0 Å². The molecule has 6 nitrogen and oxygen atoms in total. The van der Waals surface area contributed by atoms with Crippen molar-refractivity contribution in [1.29, 1.82) is 0 Å². The Morgan fingerprint density at radius 3 is 2.74 bits per heavy atom. The van der Waals surface area contributed by atoms with E-state index in [1.165, 1.54) is 6.07 Å². The van der Waals surface area contributed by atoms with Gasteiger partial charge in [-0.1, -0.05) is 0 Å². The minimum absolute atomic E-state index is 0.362. The Balaban J connectivity index is 1.82. The first-order chi connectivity index (χ1) is 10.9. The second kappa shape index (κ2) is 5.85. The van der Waals surface area contributed by atoms with E-state index in [1.54, 1.807) is 10.7 Å². The molecule has 2 aromatic heterocycles. The maximum absolute atomic E-state index is 11.5. The topological polar surface area (TPSA) is 72.1 Å². The average Bonchev–Trinajstić information content (AvgIpc) is 2.75. The lowest BCUT2D eigenvalue weighted by molar-refractivity contribution is 0.560. The normalized spacial score (nSPS) is 10.7. The van der Waals surface area contributed by atoms with E-state index in [4.69, 9.17) is 16.6 Å². The van der Waals surface area contributed by atoms with Gasteiger partial charge < -0.3 is 15.1 Å². The first-order valence-electron chi connectivity index (χ1n) is 7.05. The van der Waals surface area contributed by atoms with Crippen LogP contribution in [0.4, 0.5) is 11.4 Å². The van der Waals surface area contributed by atoms with Crippen LogP contribution in [0, 0.1) is 13.8 Å². The molecular formula is C16H16N4O2S. The Morgan fingerprint density at radius 1 is 1.26 bits per heavy atom. The molecule has 0 spiro atoms. The SMILES string of the molecule is Cc1nn(C)cc1NC(=S)Nc1ccc2c(C)cc(=O)oc2c1. The Labute approximate surface area is 138 Å². The Hall–Kier alpha value is -2.67. The number of fused-ring (bicyclic) bond motifs is 1. The molecule has 0 amide bonds. The molecular weight excluding hydrogens is 312 g/mol. The van der Waals surface area contributed by atoms with Crippen LogP contribution in [0.3, 0.4) is 0 Å². The largest absolute Gasteiger partial charge is 0.423 e.